The number of aromatic hydroxyl groups is 2. The third-order valence-electron chi connectivity index (χ3n) is 4.91. The van der Waals surface area contributed by atoms with Gasteiger partial charge in [0.2, 0.25) is 0 Å². The molecule has 2 heterocycles. The zero-order valence-corrected chi connectivity index (χ0v) is 15.8. The first-order chi connectivity index (χ1) is 14.0. The number of carboxylic acids is 1. The monoisotopic (exact) mass is 392 g/mol. The van der Waals surface area contributed by atoms with Crippen LogP contribution in [0.5, 0.6) is 11.5 Å². The van der Waals surface area contributed by atoms with Crippen molar-refractivity contribution in [3.05, 3.63) is 48.2 Å². The summed E-state index contributed by atoms with van der Waals surface area (Å²) >= 11 is 0. The molecule has 0 saturated heterocycles. The summed E-state index contributed by atoms with van der Waals surface area (Å²) in [6, 6.07) is 12.1. The number of benzene rings is 2. The highest BCUT2D eigenvalue weighted by atomic mass is 16.4. The lowest BCUT2D eigenvalue weighted by Gasteiger charge is -2.08. The lowest BCUT2D eigenvalue weighted by atomic mass is 10.0. The van der Waals surface area contributed by atoms with E-state index in [0.29, 0.717) is 35.5 Å². The highest BCUT2D eigenvalue weighted by Crippen LogP contribution is 2.39. The minimum Gasteiger partial charge on any atom is -0.508 e. The smallest absolute Gasteiger partial charge is 0.303 e. The summed E-state index contributed by atoms with van der Waals surface area (Å²) in [4.78, 5) is 15.7. The van der Waals surface area contributed by atoms with Crippen LogP contribution in [0.15, 0.2) is 42.5 Å². The van der Waals surface area contributed by atoms with Gasteiger partial charge in [0.05, 0.1) is 16.6 Å². The molecule has 0 saturated carbocycles. The molecular weight excluding hydrogens is 372 g/mol. The molecule has 8 nitrogen and oxygen atoms in total. The molecule has 0 bridgehead atoms. The van der Waals surface area contributed by atoms with Gasteiger partial charge in [-0.15, -0.1) is 0 Å². The molecule has 0 spiro atoms. The van der Waals surface area contributed by atoms with Crippen LogP contribution in [0.25, 0.3) is 33.7 Å². The summed E-state index contributed by atoms with van der Waals surface area (Å²) in [5.41, 5.74) is 4.16. The van der Waals surface area contributed by atoms with Gasteiger partial charge in [-0.2, -0.15) is 5.10 Å². The number of imidazole rings is 1. The number of phenols is 2. The topological polar surface area (TPSA) is 124 Å². The summed E-state index contributed by atoms with van der Waals surface area (Å²) < 4.78 is 1.95. The molecule has 2 aromatic carbocycles. The van der Waals surface area contributed by atoms with Gasteiger partial charge in [0.1, 0.15) is 23.0 Å². The number of aliphatic carboxylic acids is 1. The second-order valence-electron chi connectivity index (χ2n) is 6.86. The van der Waals surface area contributed by atoms with Crippen LogP contribution in [0.1, 0.15) is 18.5 Å². The third-order valence-corrected chi connectivity index (χ3v) is 4.91. The first-order valence-electron chi connectivity index (χ1n) is 9.19. The van der Waals surface area contributed by atoms with Gasteiger partial charge in [-0.05, 0) is 37.1 Å². The number of nitrogens with zero attached hydrogens (tertiary/aromatic N) is 3. The predicted octanol–water partition coefficient (Wildman–Crippen LogP) is 3.45. The highest BCUT2D eigenvalue weighted by molar-refractivity contribution is 5.87. The molecule has 29 heavy (non-hydrogen) atoms. The van der Waals surface area contributed by atoms with Crippen molar-refractivity contribution in [2.24, 2.45) is 7.05 Å². The Balaban J connectivity index is 1.89. The van der Waals surface area contributed by atoms with Gasteiger partial charge in [-0.3, -0.25) is 9.89 Å². The number of carboxylic acid groups (broad SMARTS) is 1. The molecule has 0 fully saturated rings. The van der Waals surface area contributed by atoms with Crippen molar-refractivity contribution in [2.45, 2.75) is 19.3 Å². The van der Waals surface area contributed by atoms with Gasteiger partial charge in [0.25, 0.3) is 0 Å². The van der Waals surface area contributed by atoms with Crippen LogP contribution in [-0.2, 0) is 18.3 Å². The average molecular weight is 392 g/mol. The summed E-state index contributed by atoms with van der Waals surface area (Å²) in [5.74, 6) is -0.348. The zero-order chi connectivity index (χ0) is 20.5. The number of fused-ring (bicyclic) bond motifs is 1. The highest BCUT2D eigenvalue weighted by Gasteiger charge is 2.23. The fourth-order valence-electron chi connectivity index (χ4n) is 3.50. The van der Waals surface area contributed by atoms with E-state index in [0.717, 1.165) is 16.7 Å². The summed E-state index contributed by atoms with van der Waals surface area (Å²) in [5, 5.41) is 36.3. The van der Waals surface area contributed by atoms with Crippen LogP contribution in [0.3, 0.4) is 0 Å². The third kappa shape index (κ3) is 3.40. The van der Waals surface area contributed by atoms with E-state index in [2.05, 4.69) is 10.2 Å². The molecule has 0 aliphatic rings. The van der Waals surface area contributed by atoms with E-state index < -0.39 is 5.97 Å². The van der Waals surface area contributed by atoms with Crippen LogP contribution < -0.4 is 0 Å². The Morgan fingerprint density at radius 3 is 2.69 bits per heavy atom. The quantitative estimate of drug-likeness (QED) is 0.398. The Morgan fingerprint density at radius 2 is 1.97 bits per heavy atom. The molecule has 0 atom stereocenters. The number of nitrogens with one attached hydrogen (secondary N) is 1. The van der Waals surface area contributed by atoms with Crippen molar-refractivity contribution in [3.63, 3.8) is 0 Å². The van der Waals surface area contributed by atoms with Crippen molar-refractivity contribution in [1.82, 2.24) is 19.7 Å². The van der Waals surface area contributed by atoms with E-state index in [4.69, 9.17) is 10.1 Å². The SMILES string of the molecule is Cn1c(-c2c(-c3ccc(O)cc3O)n[nH]c2CCCC(=O)O)nc2ccccc21. The molecule has 8 heteroatoms. The summed E-state index contributed by atoms with van der Waals surface area (Å²) in [6.45, 7) is 0. The number of phenolic OH excluding ortho intramolecular Hbond substituents is 2. The maximum absolute atomic E-state index is 10.9. The minimum atomic E-state index is -0.856. The Hall–Kier alpha value is -3.81. The number of aromatic nitrogens is 4. The molecule has 0 radical (unpaired) electrons. The predicted molar refractivity (Wildman–Crippen MR) is 108 cm³/mol. The zero-order valence-electron chi connectivity index (χ0n) is 15.8. The van der Waals surface area contributed by atoms with E-state index in [1.54, 1.807) is 6.07 Å². The van der Waals surface area contributed by atoms with Crippen LogP contribution in [-0.4, -0.2) is 41.0 Å². The molecule has 0 aliphatic heterocycles. The number of carbonyl (C=O) groups is 1. The Kier molecular flexibility index (Phi) is 4.67. The van der Waals surface area contributed by atoms with Crippen LogP contribution in [0, 0.1) is 0 Å². The molecule has 2 aromatic heterocycles. The number of hydrogen-bond acceptors (Lipinski definition) is 5. The second kappa shape index (κ2) is 7.31. The number of hydrogen-bond donors (Lipinski definition) is 4. The van der Waals surface area contributed by atoms with E-state index >= 15 is 0 Å². The number of aryl methyl sites for hydroxylation is 2. The maximum Gasteiger partial charge on any atom is 0.303 e. The largest absolute Gasteiger partial charge is 0.508 e. The standard InChI is InChI=1S/C21H20N4O4/c1-25-16-7-3-2-5-14(16)22-21(25)19-15(6-4-8-18(28)29)23-24-20(19)13-10-9-12(26)11-17(13)27/h2-3,5,7,9-11,26-27H,4,6,8H2,1H3,(H,23,24)(H,28,29). The van der Waals surface area contributed by atoms with Crippen molar-refractivity contribution in [3.8, 4) is 34.1 Å². The van der Waals surface area contributed by atoms with Crippen molar-refractivity contribution >= 4 is 17.0 Å². The van der Waals surface area contributed by atoms with E-state index in [1.807, 2.05) is 35.9 Å². The van der Waals surface area contributed by atoms with E-state index in [-0.39, 0.29) is 17.9 Å². The molecular formula is C21H20N4O4. The molecule has 0 aliphatic carbocycles. The number of aromatic amines is 1. The van der Waals surface area contributed by atoms with Gasteiger partial charge in [-0.25, -0.2) is 4.98 Å². The van der Waals surface area contributed by atoms with Gasteiger partial charge >= 0.3 is 5.97 Å². The minimum absolute atomic E-state index is 0.0425. The average Bonchev–Trinajstić information content (AvgIpc) is 3.23. The number of para-hydroxylation sites is 2. The maximum atomic E-state index is 10.9. The molecule has 4 rings (SSSR count). The molecule has 0 unspecified atom stereocenters. The van der Waals surface area contributed by atoms with Crippen molar-refractivity contribution in [1.29, 1.82) is 0 Å². The Labute approximate surface area is 166 Å². The number of rotatable bonds is 6. The fraction of sp³-hybridized carbons (Fsp3) is 0.190. The van der Waals surface area contributed by atoms with E-state index in [1.165, 1.54) is 12.1 Å². The molecule has 0 amide bonds. The fourth-order valence-corrected chi connectivity index (χ4v) is 3.50. The molecule has 148 valence electrons. The van der Waals surface area contributed by atoms with Gasteiger partial charge in [-0.1, -0.05) is 12.1 Å². The van der Waals surface area contributed by atoms with Crippen LogP contribution in [0.2, 0.25) is 0 Å². The van der Waals surface area contributed by atoms with Crippen molar-refractivity contribution < 1.29 is 20.1 Å². The van der Waals surface area contributed by atoms with E-state index in [9.17, 15) is 15.0 Å². The summed E-state index contributed by atoms with van der Waals surface area (Å²) in [6.07, 6.45) is 0.951. The molecule has 4 aromatic rings. The van der Waals surface area contributed by atoms with Crippen molar-refractivity contribution in [2.75, 3.05) is 0 Å². The van der Waals surface area contributed by atoms with Crippen LogP contribution >= 0.6 is 0 Å². The van der Waals surface area contributed by atoms with Gasteiger partial charge in [0, 0.05) is 30.8 Å². The lowest BCUT2D eigenvalue weighted by Crippen LogP contribution is -1.99. The second-order valence-corrected chi connectivity index (χ2v) is 6.86. The Bertz CT molecular complexity index is 1210. The normalized spacial score (nSPS) is 11.2. The van der Waals surface area contributed by atoms with Crippen LogP contribution in [0.4, 0.5) is 0 Å². The Morgan fingerprint density at radius 1 is 1.17 bits per heavy atom. The lowest BCUT2D eigenvalue weighted by molar-refractivity contribution is -0.137. The summed E-state index contributed by atoms with van der Waals surface area (Å²) in [7, 11) is 1.90. The van der Waals surface area contributed by atoms with Gasteiger partial charge in [0.15, 0.2) is 0 Å². The number of H-pyrrole nitrogens is 1. The molecule has 4 N–H and O–H groups in total. The van der Waals surface area contributed by atoms with Gasteiger partial charge < -0.3 is 19.9 Å². The first kappa shape index (κ1) is 18.5. The first-order valence-corrected chi connectivity index (χ1v) is 9.19.